The number of piperidine rings is 1. The van der Waals surface area contributed by atoms with Crippen LogP contribution in [0.3, 0.4) is 0 Å². The minimum absolute atomic E-state index is 0.0389. The molecule has 1 aromatic heterocycles. The summed E-state index contributed by atoms with van der Waals surface area (Å²) in [6.07, 6.45) is 1.96. The summed E-state index contributed by atoms with van der Waals surface area (Å²) in [5.74, 6) is 0.388. The van der Waals surface area contributed by atoms with E-state index in [1.165, 1.54) is 5.56 Å². The highest BCUT2D eigenvalue weighted by Gasteiger charge is 2.29. The van der Waals surface area contributed by atoms with Gasteiger partial charge in [-0.05, 0) is 62.7 Å². The first kappa shape index (κ1) is 22.7. The Morgan fingerprint density at radius 1 is 1.00 bits per heavy atom. The molecule has 0 N–H and O–H groups in total. The summed E-state index contributed by atoms with van der Waals surface area (Å²) in [4.78, 5) is 35.9. The Morgan fingerprint density at radius 2 is 1.69 bits per heavy atom. The van der Waals surface area contributed by atoms with Gasteiger partial charge in [0.05, 0.1) is 11.3 Å². The number of hydrogen-bond donors (Lipinski definition) is 0. The van der Waals surface area contributed by atoms with Gasteiger partial charge in [0.1, 0.15) is 0 Å². The molecular formula is C25H31ClN4O2. The smallest absolute Gasteiger partial charge is 0.255 e. The van der Waals surface area contributed by atoms with Crippen molar-refractivity contribution in [1.82, 2.24) is 19.7 Å². The van der Waals surface area contributed by atoms with Crippen molar-refractivity contribution in [3.63, 3.8) is 0 Å². The van der Waals surface area contributed by atoms with E-state index < -0.39 is 0 Å². The molecule has 1 aromatic carbocycles. The number of benzene rings is 1. The summed E-state index contributed by atoms with van der Waals surface area (Å²) >= 11 is 6.13. The van der Waals surface area contributed by atoms with Crippen molar-refractivity contribution in [1.29, 1.82) is 0 Å². The zero-order chi connectivity index (χ0) is 22.7. The number of pyridine rings is 1. The van der Waals surface area contributed by atoms with Crippen LogP contribution in [0.2, 0.25) is 5.02 Å². The molecule has 6 nitrogen and oxygen atoms in total. The Morgan fingerprint density at radius 3 is 2.34 bits per heavy atom. The standard InChI is InChI=1S/C25H31ClN4O2/c1-18-6-7-23(25(32)30-14-12-29(13-15-30)19(2)31)24(27-18)21-8-10-28(11-9-21)17-20-4-3-5-22(26)16-20/h3-7,16,21H,8-15,17H2,1-2H3. The highest BCUT2D eigenvalue weighted by atomic mass is 35.5. The van der Waals surface area contributed by atoms with Gasteiger partial charge >= 0.3 is 0 Å². The van der Waals surface area contributed by atoms with E-state index >= 15 is 0 Å². The number of likely N-dealkylation sites (tertiary alicyclic amines) is 1. The van der Waals surface area contributed by atoms with Crippen LogP contribution in [0.25, 0.3) is 0 Å². The van der Waals surface area contributed by atoms with Crippen LogP contribution in [0.15, 0.2) is 36.4 Å². The van der Waals surface area contributed by atoms with E-state index in [0.29, 0.717) is 26.2 Å². The molecule has 2 aliphatic heterocycles. The van der Waals surface area contributed by atoms with Crippen LogP contribution in [0, 0.1) is 6.92 Å². The molecule has 2 saturated heterocycles. The van der Waals surface area contributed by atoms with Gasteiger partial charge < -0.3 is 9.80 Å². The summed E-state index contributed by atoms with van der Waals surface area (Å²) in [7, 11) is 0. The van der Waals surface area contributed by atoms with Crippen molar-refractivity contribution in [2.24, 2.45) is 0 Å². The van der Waals surface area contributed by atoms with E-state index in [1.54, 1.807) is 11.8 Å². The van der Waals surface area contributed by atoms with Crippen LogP contribution in [0.4, 0.5) is 0 Å². The van der Waals surface area contributed by atoms with Gasteiger partial charge in [-0.2, -0.15) is 0 Å². The second-order valence-electron chi connectivity index (χ2n) is 8.86. The number of carbonyl (C=O) groups excluding carboxylic acids is 2. The van der Waals surface area contributed by atoms with E-state index in [1.807, 2.05) is 42.2 Å². The number of rotatable bonds is 4. The molecule has 2 amide bonds. The average Bonchev–Trinajstić information content (AvgIpc) is 2.79. The molecule has 0 spiro atoms. The quantitative estimate of drug-likeness (QED) is 0.706. The molecule has 0 saturated carbocycles. The highest BCUT2D eigenvalue weighted by Crippen LogP contribution is 2.31. The molecule has 2 aromatic rings. The lowest BCUT2D eigenvalue weighted by Gasteiger charge is -2.35. The van der Waals surface area contributed by atoms with Crippen molar-refractivity contribution in [2.75, 3.05) is 39.3 Å². The van der Waals surface area contributed by atoms with E-state index in [2.05, 4.69) is 11.0 Å². The van der Waals surface area contributed by atoms with E-state index in [-0.39, 0.29) is 17.7 Å². The number of halogens is 1. The van der Waals surface area contributed by atoms with Crippen LogP contribution in [-0.4, -0.2) is 70.8 Å². The lowest BCUT2D eigenvalue weighted by Crippen LogP contribution is -2.50. The Labute approximate surface area is 195 Å². The monoisotopic (exact) mass is 454 g/mol. The first-order valence-electron chi connectivity index (χ1n) is 11.4. The molecule has 7 heteroatoms. The molecule has 0 bridgehead atoms. The van der Waals surface area contributed by atoms with Crippen LogP contribution in [-0.2, 0) is 11.3 Å². The number of nitrogens with zero attached hydrogens (tertiary/aromatic N) is 4. The van der Waals surface area contributed by atoms with Gasteiger partial charge in [-0.3, -0.25) is 19.5 Å². The number of aromatic nitrogens is 1. The maximum Gasteiger partial charge on any atom is 0.255 e. The SMILES string of the molecule is CC(=O)N1CCN(C(=O)c2ccc(C)nc2C2CCN(Cc3cccc(Cl)c3)CC2)CC1. The Balaban J connectivity index is 1.42. The number of amides is 2. The Kier molecular flexibility index (Phi) is 7.11. The Hall–Kier alpha value is -2.44. The molecule has 170 valence electrons. The van der Waals surface area contributed by atoms with Crippen molar-refractivity contribution in [3.8, 4) is 0 Å². The predicted molar refractivity (Wildman–Crippen MR) is 126 cm³/mol. The van der Waals surface area contributed by atoms with E-state index in [4.69, 9.17) is 16.6 Å². The molecule has 2 aliphatic rings. The normalized spacial score (nSPS) is 18.1. The summed E-state index contributed by atoms with van der Waals surface area (Å²) in [6, 6.07) is 11.9. The number of piperazine rings is 1. The molecule has 0 unspecified atom stereocenters. The maximum atomic E-state index is 13.3. The first-order valence-corrected chi connectivity index (χ1v) is 11.8. The molecule has 2 fully saturated rings. The van der Waals surface area contributed by atoms with Gasteiger partial charge in [-0.25, -0.2) is 0 Å². The van der Waals surface area contributed by atoms with Crippen molar-refractivity contribution in [3.05, 3.63) is 63.9 Å². The fourth-order valence-electron chi connectivity index (χ4n) is 4.72. The molecule has 0 radical (unpaired) electrons. The first-order chi connectivity index (χ1) is 15.4. The maximum absolute atomic E-state index is 13.3. The number of hydrogen-bond acceptors (Lipinski definition) is 4. The van der Waals surface area contributed by atoms with Crippen molar-refractivity contribution in [2.45, 2.75) is 39.2 Å². The van der Waals surface area contributed by atoms with Gasteiger partial charge in [0, 0.05) is 56.3 Å². The summed E-state index contributed by atoms with van der Waals surface area (Å²) in [5, 5.41) is 0.772. The fraction of sp³-hybridized carbons (Fsp3) is 0.480. The van der Waals surface area contributed by atoms with Gasteiger partial charge in [0.2, 0.25) is 5.91 Å². The van der Waals surface area contributed by atoms with Crippen LogP contribution >= 0.6 is 11.6 Å². The zero-order valence-corrected chi connectivity index (χ0v) is 19.6. The summed E-state index contributed by atoms with van der Waals surface area (Å²) in [6.45, 7) is 8.73. The lowest BCUT2D eigenvalue weighted by molar-refractivity contribution is -0.130. The zero-order valence-electron chi connectivity index (χ0n) is 18.9. The third-order valence-electron chi connectivity index (χ3n) is 6.58. The van der Waals surface area contributed by atoms with Crippen LogP contribution < -0.4 is 0 Å². The molecule has 3 heterocycles. The van der Waals surface area contributed by atoms with E-state index in [9.17, 15) is 9.59 Å². The minimum atomic E-state index is 0.0389. The second-order valence-corrected chi connectivity index (χ2v) is 9.30. The molecular weight excluding hydrogens is 424 g/mol. The average molecular weight is 455 g/mol. The second kappa shape index (κ2) is 10.0. The number of carbonyl (C=O) groups is 2. The summed E-state index contributed by atoms with van der Waals surface area (Å²) < 4.78 is 0. The molecule has 4 rings (SSSR count). The van der Waals surface area contributed by atoms with Gasteiger partial charge in [0.15, 0.2) is 0 Å². The van der Waals surface area contributed by atoms with Crippen LogP contribution in [0.1, 0.15) is 53.0 Å². The van der Waals surface area contributed by atoms with Gasteiger partial charge in [-0.1, -0.05) is 23.7 Å². The minimum Gasteiger partial charge on any atom is -0.339 e. The van der Waals surface area contributed by atoms with Crippen LogP contribution in [0.5, 0.6) is 0 Å². The molecule has 32 heavy (non-hydrogen) atoms. The third kappa shape index (κ3) is 5.30. The molecule has 0 atom stereocenters. The molecule has 0 aliphatic carbocycles. The van der Waals surface area contributed by atoms with Gasteiger partial charge in [-0.15, -0.1) is 0 Å². The highest BCUT2D eigenvalue weighted by molar-refractivity contribution is 6.30. The topological polar surface area (TPSA) is 56.8 Å². The van der Waals surface area contributed by atoms with Crippen molar-refractivity contribution >= 4 is 23.4 Å². The lowest BCUT2D eigenvalue weighted by atomic mass is 9.89. The fourth-order valence-corrected chi connectivity index (χ4v) is 4.93. The largest absolute Gasteiger partial charge is 0.339 e. The summed E-state index contributed by atoms with van der Waals surface area (Å²) in [5.41, 5.74) is 3.83. The van der Waals surface area contributed by atoms with E-state index in [0.717, 1.165) is 54.4 Å². The predicted octanol–water partition coefficient (Wildman–Crippen LogP) is 3.73. The third-order valence-corrected chi connectivity index (χ3v) is 6.81. The number of aryl methyl sites for hydroxylation is 1. The van der Waals surface area contributed by atoms with Gasteiger partial charge in [0.25, 0.3) is 5.91 Å². The van der Waals surface area contributed by atoms with Crippen molar-refractivity contribution < 1.29 is 9.59 Å². The Bertz CT molecular complexity index is 980.